The zero-order chi connectivity index (χ0) is 12.3. The first-order chi connectivity index (χ1) is 8.15. The van der Waals surface area contributed by atoms with E-state index >= 15 is 0 Å². The molecule has 1 aliphatic carbocycles. The molecule has 2 rings (SSSR count). The lowest BCUT2D eigenvalue weighted by Crippen LogP contribution is -2.29. The first kappa shape index (κ1) is 11.9. The second-order valence-corrected chi connectivity index (χ2v) is 4.65. The lowest BCUT2D eigenvalue weighted by molar-refractivity contribution is -0.115. The molecule has 0 bridgehead atoms. The Kier molecular flexibility index (Phi) is 3.64. The van der Waals surface area contributed by atoms with Gasteiger partial charge < -0.3 is 15.5 Å². The standard InChI is InChI=1S/C13H19N3O/c1-16(2)12-5-3-4-11(8-12)15-13(17)9-14-10-6-7-10/h3-5,8,10,14H,6-7,9H2,1-2H3,(H,15,17). The van der Waals surface area contributed by atoms with Crippen molar-refractivity contribution < 1.29 is 4.79 Å². The van der Waals surface area contributed by atoms with E-state index in [9.17, 15) is 4.79 Å². The fourth-order valence-electron chi connectivity index (χ4n) is 1.59. The quantitative estimate of drug-likeness (QED) is 0.809. The van der Waals surface area contributed by atoms with Crippen molar-refractivity contribution in [2.24, 2.45) is 0 Å². The lowest BCUT2D eigenvalue weighted by atomic mass is 10.2. The third-order valence-corrected chi connectivity index (χ3v) is 2.77. The summed E-state index contributed by atoms with van der Waals surface area (Å²) in [6.45, 7) is 0.400. The predicted molar refractivity (Wildman–Crippen MR) is 70.4 cm³/mol. The van der Waals surface area contributed by atoms with Crippen LogP contribution in [0.25, 0.3) is 0 Å². The Morgan fingerprint density at radius 3 is 2.82 bits per heavy atom. The van der Waals surface area contributed by atoms with Gasteiger partial charge in [0, 0.05) is 31.5 Å². The summed E-state index contributed by atoms with van der Waals surface area (Å²) in [5.41, 5.74) is 1.93. The molecule has 1 aliphatic rings. The molecule has 2 N–H and O–H groups in total. The number of benzene rings is 1. The van der Waals surface area contributed by atoms with Crippen molar-refractivity contribution in [1.82, 2.24) is 5.32 Å². The summed E-state index contributed by atoms with van der Waals surface area (Å²) in [4.78, 5) is 13.7. The average molecular weight is 233 g/mol. The fourth-order valence-corrected chi connectivity index (χ4v) is 1.59. The number of amides is 1. The minimum Gasteiger partial charge on any atom is -0.378 e. The number of rotatable bonds is 5. The number of carbonyl (C=O) groups is 1. The van der Waals surface area contributed by atoms with Crippen LogP contribution in [0.5, 0.6) is 0 Å². The van der Waals surface area contributed by atoms with Gasteiger partial charge in [0.05, 0.1) is 6.54 Å². The van der Waals surface area contributed by atoms with Crippen LogP contribution in [-0.2, 0) is 4.79 Å². The summed E-state index contributed by atoms with van der Waals surface area (Å²) < 4.78 is 0. The van der Waals surface area contributed by atoms with Gasteiger partial charge in [-0.25, -0.2) is 0 Å². The summed E-state index contributed by atoms with van der Waals surface area (Å²) in [6, 6.07) is 8.39. The van der Waals surface area contributed by atoms with Gasteiger partial charge in [0.15, 0.2) is 0 Å². The fraction of sp³-hybridized carbons (Fsp3) is 0.462. The lowest BCUT2D eigenvalue weighted by Gasteiger charge is -2.14. The first-order valence-electron chi connectivity index (χ1n) is 5.96. The Morgan fingerprint density at radius 2 is 2.18 bits per heavy atom. The van der Waals surface area contributed by atoms with Crippen LogP contribution in [-0.4, -0.2) is 32.6 Å². The second-order valence-electron chi connectivity index (χ2n) is 4.65. The van der Waals surface area contributed by atoms with Crippen molar-refractivity contribution in [3.63, 3.8) is 0 Å². The number of nitrogens with zero attached hydrogens (tertiary/aromatic N) is 1. The topological polar surface area (TPSA) is 44.4 Å². The van der Waals surface area contributed by atoms with Gasteiger partial charge in [0.2, 0.25) is 5.91 Å². The average Bonchev–Trinajstić information content (AvgIpc) is 3.10. The van der Waals surface area contributed by atoms with Crippen LogP contribution >= 0.6 is 0 Å². The van der Waals surface area contributed by atoms with Crippen LogP contribution in [0.1, 0.15) is 12.8 Å². The van der Waals surface area contributed by atoms with Crippen molar-refractivity contribution in [2.75, 3.05) is 30.9 Å². The van der Waals surface area contributed by atoms with E-state index in [0.29, 0.717) is 12.6 Å². The van der Waals surface area contributed by atoms with E-state index in [-0.39, 0.29) is 5.91 Å². The van der Waals surface area contributed by atoms with E-state index in [0.717, 1.165) is 11.4 Å². The molecule has 0 saturated heterocycles. The first-order valence-corrected chi connectivity index (χ1v) is 5.96. The van der Waals surface area contributed by atoms with Crippen LogP contribution < -0.4 is 15.5 Å². The summed E-state index contributed by atoms with van der Waals surface area (Å²) in [7, 11) is 3.96. The number of hydrogen-bond donors (Lipinski definition) is 2. The molecule has 0 unspecified atom stereocenters. The highest BCUT2D eigenvalue weighted by molar-refractivity contribution is 5.92. The van der Waals surface area contributed by atoms with Gasteiger partial charge >= 0.3 is 0 Å². The Bertz CT molecular complexity index is 399. The minimum atomic E-state index is 0.0211. The number of carbonyl (C=O) groups excluding carboxylic acids is 1. The van der Waals surface area contributed by atoms with Crippen LogP contribution in [0, 0.1) is 0 Å². The molecule has 1 fully saturated rings. The van der Waals surface area contributed by atoms with Crippen LogP contribution in [0.4, 0.5) is 11.4 Å². The maximum Gasteiger partial charge on any atom is 0.238 e. The molecule has 1 saturated carbocycles. The van der Waals surface area contributed by atoms with Crippen molar-refractivity contribution in [3.8, 4) is 0 Å². The van der Waals surface area contributed by atoms with E-state index in [2.05, 4.69) is 10.6 Å². The van der Waals surface area contributed by atoms with Gasteiger partial charge in [-0.2, -0.15) is 0 Å². The molecule has 17 heavy (non-hydrogen) atoms. The molecular weight excluding hydrogens is 214 g/mol. The molecule has 4 heteroatoms. The molecule has 0 spiro atoms. The molecule has 1 amide bonds. The van der Waals surface area contributed by atoms with Gasteiger partial charge in [0.25, 0.3) is 0 Å². The molecule has 0 aliphatic heterocycles. The maximum atomic E-state index is 11.6. The summed E-state index contributed by atoms with van der Waals surface area (Å²) >= 11 is 0. The number of hydrogen-bond acceptors (Lipinski definition) is 3. The Labute approximate surface area is 102 Å². The van der Waals surface area contributed by atoms with Gasteiger partial charge in [-0.1, -0.05) is 6.07 Å². The Balaban J connectivity index is 1.87. The number of anilines is 2. The molecular formula is C13H19N3O. The van der Waals surface area contributed by atoms with Crippen LogP contribution in [0.3, 0.4) is 0 Å². The van der Waals surface area contributed by atoms with E-state index < -0.39 is 0 Å². The van der Waals surface area contributed by atoms with Crippen molar-refractivity contribution >= 4 is 17.3 Å². The van der Waals surface area contributed by atoms with E-state index in [1.54, 1.807) is 0 Å². The highest BCUT2D eigenvalue weighted by Gasteiger charge is 2.21. The monoisotopic (exact) mass is 233 g/mol. The molecule has 0 radical (unpaired) electrons. The highest BCUT2D eigenvalue weighted by Crippen LogP contribution is 2.19. The molecule has 0 atom stereocenters. The smallest absolute Gasteiger partial charge is 0.238 e. The van der Waals surface area contributed by atoms with Gasteiger partial charge in [0.1, 0.15) is 0 Å². The van der Waals surface area contributed by atoms with Crippen LogP contribution in [0.15, 0.2) is 24.3 Å². The minimum absolute atomic E-state index is 0.0211. The molecule has 0 aromatic heterocycles. The summed E-state index contributed by atoms with van der Waals surface area (Å²) in [5.74, 6) is 0.0211. The maximum absolute atomic E-state index is 11.6. The zero-order valence-electron chi connectivity index (χ0n) is 10.4. The van der Waals surface area contributed by atoms with Gasteiger partial charge in [-0.15, -0.1) is 0 Å². The van der Waals surface area contributed by atoms with Crippen LogP contribution in [0.2, 0.25) is 0 Å². The van der Waals surface area contributed by atoms with Gasteiger partial charge in [-0.3, -0.25) is 4.79 Å². The van der Waals surface area contributed by atoms with E-state index in [4.69, 9.17) is 0 Å². The van der Waals surface area contributed by atoms with E-state index in [1.807, 2.05) is 43.3 Å². The second kappa shape index (κ2) is 5.19. The molecule has 0 heterocycles. The molecule has 1 aromatic rings. The summed E-state index contributed by atoms with van der Waals surface area (Å²) in [5, 5.41) is 6.08. The normalized spacial score (nSPS) is 14.5. The van der Waals surface area contributed by atoms with Crippen molar-refractivity contribution in [3.05, 3.63) is 24.3 Å². The van der Waals surface area contributed by atoms with E-state index in [1.165, 1.54) is 12.8 Å². The number of nitrogens with one attached hydrogen (secondary N) is 2. The third-order valence-electron chi connectivity index (χ3n) is 2.77. The largest absolute Gasteiger partial charge is 0.378 e. The highest BCUT2D eigenvalue weighted by atomic mass is 16.1. The molecule has 1 aromatic carbocycles. The predicted octanol–water partition coefficient (Wildman–Crippen LogP) is 1.44. The van der Waals surface area contributed by atoms with Crippen molar-refractivity contribution in [2.45, 2.75) is 18.9 Å². The van der Waals surface area contributed by atoms with Gasteiger partial charge in [-0.05, 0) is 31.0 Å². The third kappa shape index (κ3) is 3.75. The SMILES string of the molecule is CN(C)c1cccc(NC(=O)CNC2CC2)c1. The summed E-state index contributed by atoms with van der Waals surface area (Å²) in [6.07, 6.45) is 2.40. The Morgan fingerprint density at radius 1 is 1.41 bits per heavy atom. The zero-order valence-corrected chi connectivity index (χ0v) is 10.4. The van der Waals surface area contributed by atoms with Crippen molar-refractivity contribution in [1.29, 1.82) is 0 Å². The molecule has 4 nitrogen and oxygen atoms in total. The Hall–Kier alpha value is -1.55. The molecule has 92 valence electrons.